The Hall–Kier alpha value is -12.3. The van der Waals surface area contributed by atoms with E-state index in [-0.39, 0.29) is 0 Å². The number of para-hydroxylation sites is 4. The monoisotopic (exact) mass is 1140 g/mol. The fourth-order valence-electron chi connectivity index (χ4n) is 13.8. The van der Waals surface area contributed by atoms with Crippen LogP contribution >= 0.6 is 0 Å². The largest absolute Gasteiger partial charge is 0.456 e. The van der Waals surface area contributed by atoms with E-state index in [1.807, 2.05) is 48.5 Å². The van der Waals surface area contributed by atoms with Gasteiger partial charge in [0.1, 0.15) is 23.8 Å². The minimum Gasteiger partial charge on any atom is -0.456 e. The molecule has 89 heavy (non-hydrogen) atoms. The Balaban J connectivity index is 0.827. The van der Waals surface area contributed by atoms with Crippen LogP contribution < -0.4 is 0 Å². The Morgan fingerprint density at radius 2 is 0.618 bits per heavy atom. The molecule has 414 valence electrons. The summed E-state index contributed by atoms with van der Waals surface area (Å²) >= 11 is 0. The first-order valence-electron chi connectivity index (χ1n) is 29.7. The van der Waals surface area contributed by atoms with Crippen LogP contribution in [0.1, 0.15) is 0 Å². The first-order valence-corrected chi connectivity index (χ1v) is 29.7. The highest BCUT2D eigenvalue weighted by molar-refractivity contribution is 6.21. The summed E-state index contributed by atoms with van der Waals surface area (Å²) in [5.41, 5.74) is 18.4. The molecule has 11 heteroatoms. The van der Waals surface area contributed by atoms with E-state index >= 15 is 0 Å². The second-order valence-electron chi connectivity index (χ2n) is 22.8. The van der Waals surface area contributed by atoms with Crippen LogP contribution in [0.5, 0.6) is 0 Å². The average molecular weight is 1140 g/mol. The maximum Gasteiger partial charge on any atom is 0.238 e. The number of nitrogens with zero attached hydrogens (tertiary/aromatic N) is 10. The van der Waals surface area contributed by atoms with Crippen molar-refractivity contribution in [2.45, 2.75) is 0 Å². The molecule has 0 saturated carbocycles. The number of rotatable bonds is 8. The fraction of sp³-hybridized carbons (Fsp3) is 0. The highest BCUT2D eigenvalue weighted by atomic mass is 16.3. The molecule has 0 aliphatic heterocycles. The highest BCUT2D eigenvalue weighted by Gasteiger charge is 2.24. The Labute approximate surface area is 506 Å². The van der Waals surface area contributed by atoms with Gasteiger partial charge in [-0.25, -0.2) is 19.9 Å². The minimum atomic E-state index is 0.532. The predicted octanol–water partition coefficient (Wildman–Crippen LogP) is 19.0. The van der Waals surface area contributed by atoms with Crippen molar-refractivity contribution in [2.75, 3.05) is 0 Å². The lowest BCUT2D eigenvalue weighted by atomic mass is 9.98. The molecular weight excluding hydrogens is 1090 g/mol. The van der Waals surface area contributed by atoms with Crippen molar-refractivity contribution in [1.29, 1.82) is 0 Å². The van der Waals surface area contributed by atoms with E-state index in [0.717, 1.165) is 154 Å². The molecular formula is C78H46N10O. The van der Waals surface area contributed by atoms with Gasteiger partial charge in [-0.2, -0.15) is 9.97 Å². The highest BCUT2D eigenvalue weighted by Crippen LogP contribution is 2.44. The fourth-order valence-corrected chi connectivity index (χ4v) is 13.8. The average Bonchev–Trinajstić information content (AvgIpc) is 1.59. The predicted molar refractivity (Wildman–Crippen MR) is 360 cm³/mol. The van der Waals surface area contributed by atoms with Gasteiger partial charge in [-0.3, -0.25) is 9.13 Å². The molecule has 0 aliphatic carbocycles. The lowest BCUT2D eigenvalue weighted by molar-refractivity contribution is 0.669. The standard InChI is InChI=1S/C78H46N10O/c1-5-17-47(18-6-1)75-82-76(48-19-7-2-8-20-48)84-78(83-75)88-69-36-32-52(39-59(69)62-42-70-61(41-72(62)88)55-25-13-15-27-65(55)85(70)53-21-9-3-10-22-53)51-31-35-68-58(38-51)57-37-50(30-34-67(57)87(68)77-80-45-79-46-81-77)49-29-33-66-60(40-49)63-44-74-64(56-26-14-16-28-73(56)89-74)43-71(63)86(66)54-23-11-4-12-24-54/h1-46H. The molecule has 0 radical (unpaired) electrons. The molecule has 0 atom stereocenters. The minimum absolute atomic E-state index is 0.532. The summed E-state index contributed by atoms with van der Waals surface area (Å²) in [6.07, 6.45) is 3.12. The summed E-state index contributed by atoms with van der Waals surface area (Å²) in [5, 5.41) is 11.0. The van der Waals surface area contributed by atoms with Crippen molar-refractivity contribution in [1.82, 2.24) is 48.2 Å². The third-order valence-corrected chi connectivity index (χ3v) is 17.9. The lowest BCUT2D eigenvalue weighted by Crippen LogP contribution is -2.06. The maximum atomic E-state index is 6.51. The van der Waals surface area contributed by atoms with Gasteiger partial charge in [-0.15, -0.1) is 0 Å². The van der Waals surface area contributed by atoms with Gasteiger partial charge in [0.2, 0.25) is 11.9 Å². The van der Waals surface area contributed by atoms with E-state index in [2.05, 4.69) is 242 Å². The van der Waals surface area contributed by atoms with Crippen LogP contribution in [0.3, 0.4) is 0 Å². The molecule has 0 saturated heterocycles. The molecule has 0 fully saturated rings. The Bertz CT molecular complexity index is 6030. The van der Waals surface area contributed by atoms with Crippen LogP contribution in [0.4, 0.5) is 0 Å². The van der Waals surface area contributed by atoms with Crippen LogP contribution in [0, 0.1) is 0 Å². The van der Waals surface area contributed by atoms with E-state index in [1.165, 1.54) is 0 Å². The van der Waals surface area contributed by atoms with Gasteiger partial charge in [-0.05, 0) is 131 Å². The van der Waals surface area contributed by atoms with Gasteiger partial charge in [0.05, 0.1) is 44.1 Å². The van der Waals surface area contributed by atoms with Gasteiger partial charge >= 0.3 is 0 Å². The summed E-state index contributed by atoms with van der Waals surface area (Å²) in [6, 6.07) is 94.9. The van der Waals surface area contributed by atoms with Crippen LogP contribution in [0.2, 0.25) is 0 Å². The molecule has 0 N–H and O–H groups in total. The molecule has 0 spiro atoms. The normalized spacial score (nSPS) is 12.0. The van der Waals surface area contributed by atoms with Gasteiger partial charge in [0.15, 0.2) is 11.6 Å². The first kappa shape index (κ1) is 49.0. The lowest BCUT2D eigenvalue weighted by Gasteiger charge is -2.11. The van der Waals surface area contributed by atoms with Crippen molar-refractivity contribution in [3.63, 3.8) is 0 Å². The number of aromatic nitrogens is 10. The molecule has 7 heterocycles. The molecule has 0 unspecified atom stereocenters. The summed E-state index contributed by atoms with van der Waals surface area (Å²) < 4.78 is 15.6. The Kier molecular flexibility index (Phi) is 10.5. The number of furan rings is 1. The smallest absolute Gasteiger partial charge is 0.238 e. The topological polar surface area (TPSA) is 110 Å². The van der Waals surface area contributed by atoms with Crippen LogP contribution in [-0.2, 0) is 0 Å². The molecule has 0 aliphatic rings. The summed E-state index contributed by atoms with van der Waals surface area (Å²) in [7, 11) is 0. The first-order chi connectivity index (χ1) is 44.1. The maximum absolute atomic E-state index is 6.51. The molecule has 0 bridgehead atoms. The quantitative estimate of drug-likeness (QED) is 0.149. The van der Waals surface area contributed by atoms with E-state index in [0.29, 0.717) is 23.5 Å². The van der Waals surface area contributed by atoms with Crippen molar-refractivity contribution in [2.24, 2.45) is 0 Å². The zero-order valence-corrected chi connectivity index (χ0v) is 47.4. The zero-order chi connectivity index (χ0) is 58.3. The van der Waals surface area contributed by atoms with Crippen molar-refractivity contribution >= 4 is 109 Å². The van der Waals surface area contributed by atoms with E-state index in [9.17, 15) is 0 Å². The SMILES string of the molecule is c1ccc(-c2nc(-c3ccccc3)nc(-n3c4ccc(-c5ccc6c(c5)c5cc(-c7ccc8c(c7)c7cc9oc%10ccccc%10c9cc7n8-c7ccccc7)ccc5n6-c5ncncn5)cc4c4cc5c(cc43)c3ccccc3n5-c3ccccc3)n2)cc1. The van der Waals surface area contributed by atoms with Gasteiger partial charge in [0.25, 0.3) is 0 Å². The summed E-state index contributed by atoms with van der Waals surface area (Å²) in [5.74, 6) is 2.27. The van der Waals surface area contributed by atoms with E-state index in [4.69, 9.17) is 29.3 Å². The molecule has 7 aromatic heterocycles. The number of benzene rings is 12. The second-order valence-corrected chi connectivity index (χ2v) is 22.8. The summed E-state index contributed by atoms with van der Waals surface area (Å²) in [6.45, 7) is 0. The molecule has 0 amide bonds. The van der Waals surface area contributed by atoms with Crippen LogP contribution in [-0.4, -0.2) is 48.2 Å². The van der Waals surface area contributed by atoms with Crippen molar-refractivity contribution in [3.05, 3.63) is 280 Å². The number of hydrogen-bond donors (Lipinski definition) is 0. The van der Waals surface area contributed by atoms with Crippen molar-refractivity contribution in [3.8, 4) is 68.3 Å². The van der Waals surface area contributed by atoms with Gasteiger partial charge in [0, 0.05) is 76.4 Å². The molecule has 19 rings (SSSR count). The molecule has 11 nitrogen and oxygen atoms in total. The van der Waals surface area contributed by atoms with Crippen LogP contribution in [0.25, 0.3) is 177 Å². The summed E-state index contributed by atoms with van der Waals surface area (Å²) in [4.78, 5) is 29.4. The molecule has 12 aromatic carbocycles. The third kappa shape index (κ3) is 7.52. The van der Waals surface area contributed by atoms with Crippen LogP contribution in [0.15, 0.2) is 284 Å². The molecule has 19 aromatic rings. The second kappa shape index (κ2) is 19.1. The third-order valence-electron chi connectivity index (χ3n) is 17.9. The Morgan fingerprint density at radius 3 is 1.15 bits per heavy atom. The van der Waals surface area contributed by atoms with Gasteiger partial charge < -0.3 is 13.6 Å². The van der Waals surface area contributed by atoms with E-state index in [1.54, 1.807) is 12.7 Å². The Morgan fingerprint density at radius 1 is 0.236 bits per heavy atom. The van der Waals surface area contributed by atoms with Crippen molar-refractivity contribution < 1.29 is 4.42 Å². The van der Waals surface area contributed by atoms with Gasteiger partial charge in [-0.1, -0.05) is 158 Å². The van der Waals surface area contributed by atoms with E-state index < -0.39 is 0 Å². The number of hydrogen-bond acceptors (Lipinski definition) is 7. The number of fused-ring (bicyclic) bond motifs is 15. The zero-order valence-electron chi connectivity index (χ0n) is 47.4.